The Bertz CT molecular complexity index is 1170. The topological polar surface area (TPSA) is 44.9 Å². The van der Waals surface area contributed by atoms with E-state index in [0.717, 1.165) is 34.9 Å². The Kier molecular flexibility index (Phi) is 6.73. The van der Waals surface area contributed by atoms with Crippen molar-refractivity contribution in [3.8, 4) is 0 Å². The van der Waals surface area contributed by atoms with Crippen molar-refractivity contribution in [1.29, 1.82) is 0 Å². The van der Waals surface area contributed by atoms with Gasteiger partial charge in [0.15, 0.2) is 0 Å². The minimum Gasteiger partial charge on any atom is -0.361 e. The number of benzene rings is 3. The summed E-state index contributed by atoms with van der Waals surface area (Å²) in [6.07, 6.45) is 4.15. The fourth-order valence-corrected chi connectivity index (χ4v) is 4.48. The lowest BCUT2D eigenvalue weighted by Gasteiger charge is -2.19. The highest BCUT2D eigenvalue weighted by molar-refractivity contribution is 6.31. The van der Waals surface area contributed by atoms with Crippen LogP contribution < -0.4 is 5.32 Å². The lowest BCUT2D eigenvalue weighted by Crippen LogP contribution is -2.27. The minimum atomic E-state index is -0.119. The number of hydrogen-bond acceptors (Lipinski definition) is 1. The molecule has 0 unspecified atom stereocenters. The van der Waals surface area contributed by atoms with Gasteiger partial charge >= 0.3 is 0 Å². The second kappa shape index (κ2) is 9.84. The third-order valence-corrected chi connectivity index (χ3v) is 6.18. The van der Waals surface area contributed by atoms with Crippen molar-refractivity contribution >= 4 is 28.4 Å². The van der Waals surface area contributed by atoms with E-state index in [1.54, 1.807) is 0 Å². The van der Waals surface area contributed by atoms with Gasteiger partial charge in [0, 0.05) is 41.0 Å². The Morgan fingerprint density at radius 1 is 0.968 bits per heavy atom. The summed E-state index contributed by atoms with van der Waals surface area (Å²) in [6.45, 7) is 2.77. The Hall–Kier alpha value is -3.04. The Morgan fingerprint density at radius 2 is 1.74 bits per heavy atom. The summed E-state index contributed by atoms with van der Waals surface area (Å²) >= 11 is 6.57. The molecule has 1 atom stereocenters. The average molecular weight is 431 g/mol. The summed E-state index contributed by atoms with van der Waals surface area (Å²) in [4.78, 5) is 16.4. The van der Waals surface area contributed by atoms with E-state index in [0.29, 0.717) is 18.0 Å². The number of nitrogens with one attached hydrogen (secondary N) is 2. The summed E-state index contributed by atoms with van der Waals surface area (Å²) in [5.41, 5.74) is 5.71. The maximum atomic E-state index is 12.9. The molecule has 1 aromatic heterocycles. The SMILES string of the molecule is CCc1cccc2c([C@@H](CC(=O)NCCc3ccccc3)c3ccccc3Cl)c[nH]c12. The van der Waals surface area contributed by atoms with Crippen molar-refractivity contribution in [2.75, 3.05) is 6.54 Å². The van der Waals surface area contributed by atoms with Gasteiger partial charge in [-0.25, -0.2) is 0 Å². The highest BCUT2D eigenvalue weighted by atomic mass is 35.5. The van der Waals surface area contributed by atoms with Gasteiger partial charge in [0.1, 0.15) is 0 Å². The summed E-state index contributed by atoms with van der Waals surface area (Å²) in [5, 5.41) is 4.93. The van der Waals surface area contributed by atoms with Crippen LogP contribution in [-0.2, 0) is 17.6 Å². The molecule has 0 aliphatic heterocycles. The van der Waals surface area contributed by atoms with Crippen molar-refractivity contribution in [1.82, 2.24) is 10.3 Å². The molecule has 4 aromatic rings. The molecule has 0 aliphatic rings. The number of carbonyl (C=O) groups excluding carboxylic acids is 1. The molecule has 4 heteroatoms. The van der Waals surface area contributed by atoms with Crippen LogP contribution in [0.4, 0.5) is 0 Å². The van der Waals surface area contributed by atoms with E-state index in [4.69, 9.17) is 11.6 Å². The number of rotatable bonds is 8. The molecule has 2 N–H and O–H groups in total. The van der Waals surface area contributed by atoms with Crippen LogP contribution in [0.1, 0.15) is 41.5 Å². The molecule has 0 saturated carbocycles. The van der Waals surface area contributed by atoms with Crippen molar-refractivity contribution < 1.29 is 4.79 Å². The third-order valence-electron chi connectivity index (χ3n) is 5.84. The quantitative estimate of drug-likeness (QED) is 0.340. The van der Waals surface area contributed by atoms with Crippen LogP contribution >= 0.6 is 11.6 Å². The number of halogens is 1. The first-order valence-corrected chi connectivity index (χ1v) is 11.2. The van der Waals surface area contributed by atoms with E-state index < -0.39 is 0 Å². The molecule has 3 aromatic carbocycles. The number of aromatic nitrogens is 1. The zero-order valence-corrected chi connectivity index (χ0v) is 18.5. The number of carbonyl (C=O) groups is 1. The standard InChI is InChI=1S/C27H27ClN2O/c1-2-20-11-8-13-22-24(18-30-27(20)22)23(21-12-6-7-14-25(21)28)17-26(31)29-16-15-19-9-4-3-5-10-19/h3-14,18,23,30H,2,15-17H2,1H3,(H,29,31)/t23-/m0/s1. The second-order valence-corrected chi connectivity index (χ2v) is 8.21. The number of para-hydroxylation sites is 1. The monoisotopic (exact) mass is 430 g/mol. The first-order chi connectivity index (χ1) is 15.2. The molecule has 0 radical (unpaired) electrons. The molecule has 158 valence electrons. The number of amides is 1. The lowest BCUT2D eigenvalue weighted by atomic mass is 9.87. The maximum absolute atomic E-state index is 12.9. The van der Waals surface area contributed by atoms with Gasteiger partial charge in [-0.1, -0.05) is 85.3 Å². The Balaban J connectivity index is 1.59. The van der Waals surface area contributed by atoms with Crippen LogP contribution in [0.2, 0.25) is 5.02 Å². The van der Waals surface area contributed by atoms with Gasteiger partial charge in [0.25, 0.3) is 0 Å². The largest absolute Gasteiger partial charge is 0.361 e. The van der Waals surface area contributed by atoms with Gasteiger partial charge in [-0.15, -0.1) is 0 Å². The molecule has 0 spiro atoms. The highest BCUT2D eigenvalue weighted by Crippen LogP contribution is 2.37. The number of hydrogen-bond donors (Lipinski definition) is 2. The number of aryl methyl sites for hydroxylation is 1. The van der Waals surface area contributed by atoms with Crippen LogP contribution in [0.25, 0.3) is 10.9 Å². The highest BCUT2D eigenvalue weighted by Gasteiger charge is 2.23. The van der Waals surface area contributed by atoms with Gasteiger partial charge < -0.3 is 10.3 Å². The van der Waals surface area contributed by atoms with E-state index >= 15 is 0 Å². The van der Waals surface area contributed by atoms with Gasteiger partial charge in [-0.2, -0.15) is 0 Å². The molecule has 1 heterocycles. The normalized spacial score (nSPS) is 12.1. The minimum absolute atomic E-state index is 0.0295. The molecule has 3 nitrogen and oxygen atoms in total. The lowest BCUT2D eigenvalue weighted by molar-refractivity contribution is -0.121. The zero-order chi connectivity index (χ0) is 21.6. The summed E-state index contributed by atoms with van der Waals surface area (Å²) in [5.74, 6) is -0.0897. The van der Waals surface area contributed by atoms with Crippen LogP contribution in [0, 0.1) is 0 Å². The maximum Gasteiger partial charge on any atom is 0.220 e. The fraction of sp³-hybridized carbons (Fsp3) is 0.222. The van der Waals surface area contributed by atoms with E-state index in [1.807, 2.05) is 48.7 Å². The van der Waals surface area contributed by atoms with Gasteiger partial charge in [0.2, 0.25) is 5.91 Å². The molecule has 1 amide bonds. The third kappa shape index (κ3) is 4.83. The van der Waals surface area contributed by atoms with Crippen LogP contribution in [0.3, 0.4) is 0 Å². The molecular formula is C27H27ClN2O. The summed E-state index contributed by atoms with van der Waals surface area (Å²) in [7, 11) is 0. The molecular weight excluding hydrogens is 404 g/mol. The molecule has 0 fully saturated rings. The van der Waals surface area contributed by atoms with Gasteiger partial charge in [-0.05, 0) is 41.2 Å². The Labute approximate surface area is 188 Å². The first kappa shape index (κ1) is 21.2. The van der Waals surface area contributed by atoms with Crippen molar-refractivity contribution in [2.24, 2.45) is 0 Å². The van der Waals surface area contributed by atoms with Crippen molar-refractivity contribution in [3.63, 3.8) is 0 Å². The molecule has 0 saturated heterocycles. The van der Waals surface area contributed by atoms with E-state index in [9.17, 15) is 4.79 Å². The fourth-order valence-electron chi connectivity index (χ4n) is 4.22. The molecule has 4 rings (SSSR count). The predicted molar refractivity (Wildman–Crippen MR) is 129 cm³/mol. The average Bonchev–Trinajstić information content (AvgIpc) is 3.23. The predicted octanol–water partition coefficient (Wildman–Crippen LogP) is 6.26. The zero-order valence-electron chi connectivity index (χ0n) is 17.7. The number of aromatic amines is 1. The molecule has 31 heavy (non-hydrogen) atoms. The number of H-pyrrole nitrogens is 1. The van der Waals surface area contributed by atoms with Gasteiger partial charge in [-0.3, -0.25) is 4.79 Å². The van der Waals surface area contributed by atoms with E-state index in [1.165, 1.54) is 11.1 Å². The second-order valence-electron chi connectivity index (χ2n) is 7.80. The van der Waals surface area contributed by atoms with Crippen LogP contribution in [0.5, 0.6) is 0 Å². The first-order valence-electron chi connectivity index (χ1n) is 10.8. The van der Waals surface area contributed by atoms with Crippen molar-refractivity contribution in [2.45, 2.75) is 32.1 Å². The van der Waals surface area contributed by atoms with Crippen molar-refractivity contribution in [3.05, 3.63) is 106 Å². The van der Waals surface area contributed by atoms with Gasteiger partial charge in [0.05, 0.1) is 0 Å². The smallest absolute Gasteiger partial charge is 0.220 e. The van der Waals surface area contributed by atoms with E-state index in [2.05, 4.69) is 47.6 Å². The van der Waals surface area contributed by atoms with Crippen LogP contribution in [-0.4, -0.2) is 17.4 Å². The summed E-state index contributed by atoms with van der Waals surface area (Å²) in [6, 6.07) is 24.4. The summed E-state index contributed by atoms with van der Waals surface area (Å²) < 4.78 is 0. The number of fused-ring (bicyclic) bond motifs is 1. The molecule has 0 bridgehead atoms. The van der Waals surface area contributed by atoms with E-state index in [-0.39, 0.29) is 11.8 Å². The Morgan fingerprint density at radius 3 is 2.52 bits per heavy atom. The van der Waals surface area contributed by atoms with Crippen LogP contribution in [0.15, 0.2) is 79.0 Å². The molecule has 0 aliphatic carbocycles.